The van der Waals surface area contributed by atoms with E-state index in [4.69, 9.17) is 4.74 Å². The third kappa shape index (κ3) is 6.95. The topological polar surface area (TPSA) is 57.1 Å². The van der Waals surface area contributed by atoms with Crippen molar-refractivity contribution in [1.29, 1.82) is 0 Å². The number of benzene rings is 1. The quantitative estimate of drug-likeness (QED) is 0.313. The standard InChI is InChI=1S/C17H27N3O2.HI/c1-18-17(20(2)12-15-9-11-22-13-15)19-10-3-4-14-5-7-16(21)8-6-14;/h5-8,15,21H,3-4,9-13H2,1-2H3,(H,18,19);1H. The van der Waals surface area contributed by atoms with E-state index in [1.165, 1.54) is 5.56 Å². The maximum atomic E-state index is 9.27. The average Bonchev–Trinajstić information content (AvgIpc) is 3.02. The molecule has 1 unspecified atom stereocenters. The van der Waals surface area contributed by atoms with Crippen LogP contribution in [-0.4, -0.2) is 56.4 Å². The number of ether oxygens (including phenoxy) is 1. The van der Waals surface area contributed by atoms with E-state index in [9.17, 15) is 5.11 Å². The largest absolute Gasteiger partial charge is 0.508 e. The number of rotatable bonds is 6. The molecule has 2 rings (SSSR count). The zero-order valence-corrected chi connectivity index (χ0v) is 16.3. The Bertz CT molecular complexity index is 473. The Hall–Kier alpha value is -1.02. The molecule has 1 saturated heterocycles. The lowest BCUT2D eigenvalue weighted by atomic mass is 10.1. The second-order valence-electron chi connectivity index (χ2n) is 5.85. The zero-order valence-electron chi connectivity index (χ0n) is 14.0. The number of phenolic OH excluding ortho intramolecular Hbond substituents is 1. The fourth-order valence-corrected chi connectivity index (χ4v) is 2.74. The lowest BCUT2D eigenvalue weighted by Crippen LogP contribution is -2.41. The van der Waals surface area contributed by atoms with Gasteiger partial charge in [0.15, 0.2) is 5.96 Å². The van der Waals surface area contributed by atoms with E-state index in [1.54, 1.807) is 12.1 Å². The fraction of sp³-hybridized carbons (Fsp3) is 0.588. The first-order valence-corrected chi connectivity index (χ1v) is 7.96. The van der Waals surface area contributed by atoms with Crippen molar-refractivity contribution in [2.75, 3.05) is 40.4 Å². The molecule has 1 aromatic carbocycles. The molecule has 0 radical (unpaired) electrons. The molecule has 0 saturated carbocycles. The summed E-state index contributed by atoms with van der Waals surface area (Å²) < 4.78 is 5.42. The van der Waals surface area contributed by atoms with E-state index in [-0.39, 0.29) is 24.0 Å². The molecule has 0 aliphatic carbocycles. The molecule has 6 heteroatoms. The van der Waals surface area contributed by atoms with Crippen LogP contribution in [0.4, 0.5) is 0 Å². The summed E-state index contributed by atoms with van der Waals surface area (Å²) in [5.74, 6) is 1.87. The molecule has 1 atom stereocenters. The first-order valence-electron chi connectivity index (χ1n) is 7.96. The highest BCUT2D eigenvalue weighted by Gasteiger charge is 2.18. The van der Waals surface area contributed by atoms with Gasteiger partial charge in [-0.3, -0.25) is 4.99 Å². The van der Waals surface area contributed by atoms with Crippen LogP contribution in [0, 0.1) is 5.92 Å². The van der Waals surface area contributed by atoms with Crippen molar-refractivity contribution in [1.82, 2.24) is 10.2 Å². The number of aliphatic imine (C=N–C) groups is 1. The minimum atomic E-state index is 0. The van der Waals surface area contributed by atoms with Gasteiger partial charge in [-0.2, -0.15) is 0 Å². The summed E-state index contributed by atoms with van der Waals surface area (Å²) in [6.07, 6.45) is 3.16. The van der Waals surface area contributed by atoms with Crippen LogP contribution in [0.5, 0.6) is 5.75 Å². The van der Waals surface area contributed by atoms with Gasteiger partial charge in [-0.25, -0.2) is 0 Å². The molecule has 23 heavy (non-hydrogen) atoms. The molecule has 0 amide bonds. The lowest BCUT2D eigenvalue weighted by Gasteiger charge is -2.24. The van der Waals surface area contributed by atoms with Crippen molar-refractivity contribution in [2.45, 2.75) is 19.3 Å². The SMILES string of the molecule is CN=C(NCCCc1ccc(O)cc1)N(C)CC1CCOC1.I. The predicted octanol–water partition coefficient (Wildman–Crippen LogP) is 2.49. The van der Waals surface area contributed by atoms with Crippen LogP contribution in [0.2, 0.25) is 0 Å². The average molecular weight is 433 g/mol. The second kappa shape index (κ2) is 10.7. The van der Waals surface area contributed by atoms with Gasteiger partial charge in [-0.1, -0.05) is 12.1 Å². The van der Waals surface area contributed by atoms with Gasteiger partial charge >= 0.3 is 0 Å². The number of halogens is 1. The molecule has 1 aromatic rings. The number of nitrogens with one attached hydrogen (secondary N) is 1. The summed E-state index contributed by atoms with van der Waals surface area (Å²) in [4.78, 5) is 6.52. The van der Waals surface area contributed by atoms with Crippen LogP contribution in [0.25, 0.3) is 0 Å². The summed E-state index contributed by atoms with van der Waals surface area (Å²) in [6, 6.07) is 7.41. The zero-order chi connectivity index (χ0) is 15.8. The molecule has 0 bridgehead atoms. The van der Waals surface area contributed by atoms with Crippen molar-refractivity contribution in [3.05, 3.63) is 29.8 Å². The normalized spacial score (nSPS) is 17.7. The Balaban J connectivity index is 0.00000264. The minimum Gasteiger partial charge on any atom is -0.508 e. The van der Waals surface area contributed by atoms with Crippen LogP contribution in [0.1, 0.15) is 18.4 Å². The number of hydrogen-bond acceptors (Lipinski definition) is 3. The lowest BCUT2D eigenvalue weighted by molar-refractivity contribution is 0.181. The number of guanidine groups is 1. The summed E-state index contributed by atoms with van der Waals surface area (Å²) in [5.41, 5.74) is 1.24. The highest BCUT2D eigenvalue weighted by atomic mass is 127. The summed E-state index contributed by atoms with van der Waals surface area (Å²) in [5, 5.41) is 12.7. The van der Waals surface area contributed by atoms with E-state index in [0.29, 0.717) is 11.7 Å². The Labute approximate surface area is 156 Å². The van der Waals surface area contributed by atoms with Crippen molar-refractivity contribution < 1.29 is 9.84 Å². The molecule has 130 valence electrons. The number of aryl methyl sites for hydroxylation is 1. The first kappa shape index (κ1) is 20.0. The first-order chi connectivity index (χ1) is 10.7. The van der Waals surface area contributed by atoms with E-state index >= 15 is 0 Å². The van der Waals surface area contributed by atoms with Crippen molar-refractivity contribution >= 4 is 29.9 Å². The van der Waals surface area contributed by atoms with E-state index < -0.39 is 0 Å². The molecular weight excluding hydrogens is 405 g/mol. The van der Waals surface area contributed by atoms with Gasteiger partial charge in [0.25, 0.3) is 0 Å². The Kier molecular flexibility index (Phi) is 9.31. The van der Waals surface area contributed by atoms with Gasteiger partial charge in [0.05, 0.1) is 6.61 Å². The van der Waals surface area contributed by atoms with Crippen LogP contribution in [0.15, 0.2) is 29.3 Å². The maximum absolute atomic E-state index is 9.27. The highest BCUT2D eigenvalue weighted by molar-refractivity contribution is 14.0. The molecule has 0 aromatic heterocycles. The number of nitrogens with zero attached hydrogens (tertiary/aromatic N) is 2. The molecule has 2 N–H and O–H groups in total. The molecule has 5 nitrogen and oxygen atoms in total. The Morgan fingerprint density at radius 2 is 2.13 bits per heavy atom. The van der Waals surface area contributed by atoms with Gasteiger partial charge in [-0.05, 0) is 37.0 Å². The smallest absolute Gasteiger partial charge is 0.193 e. The third-order valence-corrected chi connectivity index (χ3v) is 3.99. The van der Waals surface area contributed by atoms with Gasteiger partial charge in [-0.15, -0.1) is 24.0 Å². The van der Waals surface area contributed by atoms with Gasteiger partial charge in [0.1, 0.15) is 5.75 Å². The molecular formula is C17H28IN3O2. The minimum absolute atomic E-state index is 0. The van der Waals surface area contributed by atoms with Gasteiger partial charge in [0, 0.05) is 39.7 Å². The van der Waals surface area contributed by atoms with Crippen LogP contribution >= 0.6 is 24.0 Å². The summed E-state index contributed by atoms with van der Waals surface area (Å²) >= 11 is 0. The van der Waals surface area contributed by atoms with Crippen molar-refractivity contribution in [3.8, 4) is 5.75 Å². The van der Waals surface area contributed by atoms with Gasteiger partial charge < -0.3 is 20.1 Å². The highest BCUT2D eigenvalue weighted by Crippen LogP contribution is 2.13. The van der Waals surface area contributed by atoms with E-state index in [0.717, 1.165) is 51.5 Å². The second-order valence-corrected chi connectivity index (χ2v) is 5.85. The van der Waals surface area contributed by atoms with E-state index in [1.807, 2.05) is 19.2 Å². The summed E-state index contributed by atoms with van der Waals surface area (Å²) in [6.45, 7) is 3.62. The maximum Gasteiger partial charge on any atom is 0.193 e. The fourth-order valence-electron chi connectivity index (χ4n) is 2.74. The molecule has 0 spiro atoms. The van der Waals surface area contributed by atoms with Crippen LogP contribution in [0.3, 0.4) is 0 Å². The summed E-state index contributed by atoms with van der Waals surface area (Å²) in [7, 11) is 3.90. The Morgan fingerprint density at radius 1 is 1.39 bits per heavy atom. The van der Waals surface area contributed by atoms with Crippen LogP contribution < -0.4 is 5.32 Å². The third-order valence-electron chi connectivity index (χ3n) is 3.99. The molecule has 1 heterocycles. The predicted molar refractivity (Wildman–Crippen MR) is 105 cm³/mol. The molecule has 1 aliphatic heterocycles. The van der Waals surface area contributed by atoms with Crippen molar-refractivity contribution in [3.63, 3.8) is 0 Å². The number of phenols is 1. The monoisotopic (exact) mass is 433 g/mol. The molecule has 1 fully saturated rings. The Morgan fingerprint density at radius 3 is 2.74 bits per heavy atom. The van der Waals surface area contributed by atoms with Gasteiger partial charge in [0.2, 0.25) is 0 Å². The number of hydrogen-bond donors (Lipinski definition) is 2. The number of aromatic hydroxyl groups is 1. The van der Waals surface area contributed by atoms with E-state index in [2.05, 4.69) is 22.3 Å². The van der Waals surface area contributed by atoms with Crippen LogP contribution in [-0.2, 0) is 11.2 Å². The molecule has 1 aliphatic rings. The van der Waals surface area contributed by atoms with Crippen molar-refractivity contribution in [2.24, 2.45) is 10.9 Å².